The molecule has 21 heavy (non-hydrogen) atoms. The van der Waals surface area contributed by atoms with Gasteiger partial charge in [-0.3, -0.25) is 0 Å². The highest BCUT2D eigenvalue weighted by molar-refractivity contribution is 6.30. The minimum Gasteiger partial charge on any atom is -0.479 e. The molecule has 0 fully saturated rings. The molecule has 0 saturated heterocycles. The quantitative estimate of drug-likeness (QED) is 0.874. The molecule has 1 atom stereocenters. The Morgan fingerprint density at radius 2 is 2.05 bits per heavy atom. The van der Waals surface area contributed by atoms with Gasteiger partial charge in [0, 0.05) is 17.6 Å². The minimum atomic E-state index is 0.0653. The number of nitriles is 1. The van der Waals surface area contributed by atoms with E-state index in [1.54, 1.807) is 0 Å². The molecule has 4 heteroatoms. The molecule has 0 unspecified atom stereocenters. The molecule has 0 aliphatic rings. The van der Waals surface area contributed by atoms with Gasteiger partial charge in [0.05, 0.1) is 0 Å². The van der Waals surface area contributed by atoms with E-state index in [0.29, 0.717) is 5.75 Å². The first-order chi connectivity index (χ1) is 10.2. The van der Waals surface area contributed by atoms with Crippen LogP contribution in [0.5, 0.6) is 5.75 Å². The Bertz CT molecular complexity index is 637. The fourth-order valence-electron chi connectivity index (χ4n) is 2.03. The largest absolute Gasteiger partial charge is 0.479 e. The van der Waals surface area contributed by atoms with Crippen LogP contribution in [0.4, 0.5) is 0 Å². The van der Waals surface area contributed by atoms with E-state index in [9.17, 15) is 0 Å². The lowest BCUT2D eigenvalue weighted by atomic mass is 10.1. The van der Waals surface area contributed by atoms with Crippen LogP contribution in [-0.2, 0) is 6.54 Å². The number of hydrogen-bond acceptors (Lipinski definition) is 3. The van der Waals surface area contributed by atoms with E-state index in [-0.39, 0.29) is 12.6 Å². The summed E-state index contributed by atoms with van der Waals surface area (Å²) in [5.74, 6) is 0.714. The van der Waals surface area contributed by atoms with Gasteiger partial charge in [-0.05, 0) is 42.3 Å². The van der Waals surface area contributed by atoms with Crippen molar-refractivity contribution in [3.05, 3.63) is 64.7 Å². The third kappa shape index (κ3) is 4.78. The Balaban J connectivity index is 1.95. The van der Waals surface area contributed by atoms with Crippen LogP contribution in [0.1, 0.15) is 24.1 Å². The van der Waals surface area contributed by atoms with Crippen molar-refractivity contribution in [1.82, 2.24) is 5.32 Å². The molecule has 3 nitrogen and oxygen atoms in total. The zero-order chi connectivity index (χ0) is 15.1. The molecule has 0 aliphatic carbocycles. The molecule has 2 aromatic carbocycles. The van der Waals surface area contributed by atoms with Crippen molar-refractivity contribution < 1.29 is 4.74 Å². The van der Waals surface area contributed by atoms with Gasteiger partial charge in [-0.1, -0.05) is 35.9 Å². The summed E-state index contributed by atoms with van der Waals surface area (Å²) >= 11 is 6.00. The predicted octanol–water partition coefficient (Wildman–Crippen LogP) is 4.09. The molecule has 1 N–H and O–H groups in total. The molecular formula is C17H17ClN2O. The smallest absolute Gasteiger partial charge is 0.174 e. The molecular weight excluding hydrogens is 284 g/mol. The lowest BCUT2D eigenvalue weighted by Gasteiger charge is -2.15. The average molecular weight is 301 g/mol. The number of halogens is 1. The first-order valence-corrected chi connectivity index (χ1v) is 7.14. The fourth-order valence-corrected chi connectivity index (χ4v) is 2.22. The van der Waals surface area contributed by atoms with Gasteiger partial charge in [-0.25, -0.2) is 0 Å². The summed E-state index contributed by atoms with van der Waals surface area (Å²) in [5, 5.41) is 12.7. The van der Waals surface area contributed by atoms with Crippen molar-refractivity contribution in [2.45, 2.75) is 19.5 Å². The van der Waals surface area contributed by atoms with Crippen LogP contribution in [-0.4, -0.2) is 6.61 Å². The molecule has 0 heterocycles. The molecule has 0 saturated carbocycles. The molecule has 0 aliphatic heterocycles. The summed E-state index contributed by atoms with van der Waals surface area (Å²) < 4.78 is 5.30. The van der Waals surface area contributed by atoms with Crippen LogP contribution in [0.25, 0.3) is 0 Å². The molecule has 0 bridgehead atoms. The van der Waals surface area contributed by atoms with E-state index in [0.717, 1.165) is 22.7 Å². The molecule has 0 spiro atoms. The van der Waals surface area contributed by atoms with Gasteiger partial charge >= 0.3 is 0 Å². The molecule has 108 valence electrons. The number of nitrogens with one attached hydrogen (secondary N) is 1. The normalized spacial score (nSPS) is 11.7. The molecule has 0 aromatic heterocycles. The first kappa shape index (κ1) is 15.4. The number of ether oxygens (including phenoxy) is 1. The van der Waals surface area contributed by atoms with Crippen molar-refractivity contribution in [2.75, 3.05) is 6.61 Å². The van der Waals surface area contributed by atoms with Crippen molar-refractivity contribution >= 4 is 11.6 Å². The maximum atomic E-state index is 8.52. The van der Waals surface area contributed by atoms with Crippen molar-refractivity contribution in [1.29, 1.82) is 5.26 Å². The Labute approximate surface area is 130 Å². The van der Waals surface area contributed by atoms with Gasteiger partial charge in [0.15, 0.2) is 6.61 Å². The monoisotopic (exact) mass is 300 g/mol. The Kier molecular flexibility index (Phi) is 5.62. The van der Waals surface area contributed by atoms with Crippen LogP contribution in [0.15, 0.2) is 48.5 Å². The molecule has 0 radical (unpaired) electrons. The minimum absolute atomic E-state index is 0.0653. The summed E-state index contributed by atoms with van der Waals surface area (Å²) in [4.78, 5) is 0. The van der Waals surface area contributed by atoms with Gasteiger partial charge in [0.1, 0.15) is 11.8 Å². The third-order valence-electron chi connectivity index (χ3n) is 3.16. The third-order valence-corrected chi connectivity index (χ3v) is 3.40. The predicted molar refractivity (Wildman–Crippen MR) is 84.3 cm³/mol. The van der Waals surface area contributed by atoms with Crippen LogP contribution >= 0.6 is 11.6 Å². The van der Waals surface area contributed by atoms with Gasteiger partial charge in [-0.15, -0.1) is 0 Å². The van der Waals surface area contributed by atoms with Crippen LogP contribution in [0, 0.1) is 11.3 Å². The number of nitrogens with zero attached hydrogens (tertiary/aromatic N) is 1. The number of benzene rings is 2. The Hall–Kier alpha value is -2.02. The van der Waals surface area contributed by atoms with Gasteiger partial charge < -0.3 is 10.1 Å². The molecule has 2 aromatic rings. The first-order valence-electron chi connectivity index (χ1n) is 6.76. The summed E-state index contributed by atoms with van der Waals surface area (Å²) in [5.41, 5.74) is 2.26. The van der Waals surface area contributed by atoms with Crippen LogP contribution < -0.4 is 10.1 Å². The van der Waals surface area contributed by atoms with E-state index in [1.807, 2.05) is 48.5 Å². The number of hydrogen-bond donors (Lipinski definition) is 1. The maximum Gasteiger partial charge on any atom is 0.174 e. The van der Waals surface area contributed by atoms with Crippen molar-refractivity contribution in [3.8, 4) is 11.8 Å². The maximum absolute atomic E-state index is 8.52. The molecule has 0 amide bonds. The van der Waals surface area contributed by atoms with Gasteiger partial charge in [-0.2, -0.15) is 5.26 Å². The standard InChI is InChI=1S/C17H17ClN2O/c1-13(15-5-3-6-16(18)11-15)20-12-14-4-2-7-17(10-14)21-9-8-19/h2-7,10-11,13,20H,9,12H2,1H3/t13-/m0/s1. The van der Waals surface area contributed by atoms with Crippen LogP contribution in [0.2, 0.25) is 5.02 Å². The second-order valence-corrected chi connectivity index (χ2v) is 5.19. The summed E-state index contributed by atoms with van der Waals surface area (Å²) in [6.07, 6.45) is 0. The zero-order valence-corrected chi connectivity index (χ0v) is 12.6. The van der Waals surface area contributed by atoms with E-state index in [1.165, 1.54) is 0 Å². The summed E-state index contributed by atoms with van der Waals surface area (Å²) in [6.45, 7) is 2.88. The zero-order valence-electron chi connectivity index (χ0n) is 11.8. The lowest BCUT2D eigenvalue weighted by Crippen LogP contribution is -2.18. The van der Waals surface area contributed by atoms with E-state index in [4.69, 9.17) is 21.6 Å². The lowest BCUT2D eigenvalue weighted by molar-refractivity contribution is 0.367. The van der Waals surface area contributed by atoms with Gasteiger partial charge in [0.25, 0.3) is 0 Å². The Morgan fingerprint density at radius 3 is 2.81 bits per heavy atom. The van der Waals surface area contributed by atoms with E-state index >= 15 is 0 Å². The summed E-state index contributed by atoms with van der Waals surface area (Å²) in [7, 11) is 0. The average Bonchev–Trinajstić information content (AvgIpc) is 2.51. The van der Waals surface area contributed by atoms with E-state index < -0.39 is 0 Å². The highest BCUT2D eigenvalue weighted by atomic mass is 35.5. The second-order valence-electron chi connectivity index (χ2n) is 4.75. The van der Waals surface area contributed by atoms with Crippen molar-refractivity contribution in [2.24, 2.45) is 0 Å². The highest BCUT2D eigenvalue weighted by Gasteiger charge is 2.05. The second kappa shape index (κ2) is 7.68. The van der Waals surface area contributed by atoms with Gasteiger partial charge in [0.2, 0.25) is 0 Å². The topological polar surface area (TPSA) is 45.0 Å². The molecule has 2 rings (SSSR count). The Morgan fingerprint density at radius 1 is 1.24 bits per heavy atom. The fraction of sp³-hybridized carbons (Fsp3) is 0.235. The van der Waals surface area contributed by atoms with E-state index in [2.05, 4.69) is 18.3 Å². The highest BCUT2D eigenvalue weighted by Crippen LogP contribution is 2.18. The van der Waals surface area contributed by atoms with Crippen molar-refractivity contribution in [3.63, 3.8) is 0 Å². The summed E-state index contributed by atoms with van der Waals surface area (Å²) in [6, 6.07) is 17.7. The number of rotatable bonds is 6. The SMILES string of the molecule is C[C@H](NCc1cccc(OCC#N)c1)c1cccc(Cl)c1. The van der Waals surface area contributed by atoms with Crippen LogP contribution in [0.3, 0.4) is 0 Å².